The van der Waals surface area contributed by atoms with Gasteiger partial charge in [0.05, 0.1) is 12.2 Å². The Morgan fingerprint density at radius 1 is 0.870 bits per heavy atom. The molecule has 0 radical (unpaired) electrons. The smallest absolute Gasteiger partial charge is 0.274 e. The number of para-hydroxylation sites is 1. The molecule has 0 spiro atoms. The highest BCUT2D eigenvalue weighted by atomic mass is 16.1. The number of hydrogen-bond donors (Lipinski definition) is 2. The lowest BCUT2D eigenvalue weighted by Crippen LogP contribution is -2.14. The molecule has 2 N–H and O–H groups in total. The number of benzene rings is 1. The molecule has 3 aromatic rings. The fourth-order valence-electron chi connectivity index (χ4n) is 2.08. The molecule has 3 rings (SSSR count). The lowest BCUT2D eigenvalue weighted by atomic mass is 10.2. The summed E-state index contributed by atoms with van der Waals surface area (Å²) in [5, 5.41) is 6.06. The van der Waals surface area contributed by atoms with Crippen molar-refractivity contribution in [2.24, 2.45) is 0 Å². The molecule has 0 bridgehead atoms. The van der Waals surface area contributed by atoms with Gasteiger partial charge in [-0.1, -0.05) is 24.3 Å². The summed E-state index contributed by atoms with van der Waals surface area (Å²) in [7, 11) is 0. The van der Waals surface area contributed by atoms with Crippen molar-refractivity contribution in [1.29, 1.82) is 0 Å². The highest BCUT2D eigenvalue weighted by molar-refractivity contribution is 6.03. The molecule has 1 amide bonds. The molecule has 2 heterocycles. The summed E-state index contributed by atoms with van der Waals surface area (Å²) in [5.74, 6) is -0.238. The van der Waals surface area contributed by atoms with E-state index in [0.29, 0.717) is 12.2 Å². The molecule has 0 saturated carbocycles. The Kier molecular flexibility index (Phi) is 4.59. The molecule has 0 aliphatic heterocycles. The third kappa shape index (κ3) is 4.14. The molecular weight excluding hydrogens is 288 g/mol. The van der Waals surface area contributed by atoms with Gasteiger partial charge in [0, 0.05) is 23.8 Å². The van der Waals surface area contributed by atoms with Crippen molar-refractivity contribution in [2.45, 2.75) is 6.54 Å². The third-order valence-corrected chi connectivity index (χ3v) is 3.22. The maximum Gasteiger partial charge on any atom is 0.274 e. The fraction of sp³-hybridized carbons (Fsp3) is 0.0556. The quantitative estimate of drug-likeness (QED) is 0.758. The van der Waals surface area contributed by atoms with Crippen molar-refractivity contribution in [2.75, 3.05) is 10.6 Å². The molecule has 0 aliphatic rings. The minimum absolute atomic E-state index is 0.238. The molecule has 0 aliphatic carbocycles. The van der Waals surface area contributed by atoms with E-state index in [0.717, 1.165) is 17.1 Å². The van der Waals surface area contributed by atoms with Crippen LogP contribution in [0.1, 0.15) is 16.2 Å². The molecule has 5 heteroatoms. The highest BCUT2D eigenvalue weighted by Gasteiger charge is 2.08. The summed E-state index contributed by atoms with van der Waals surface area (Å²) in [6.07, 6.45) is 3.36. The predicted molar refractivity (Wildman–Crippen MR) is 90.2 cm³/mol. The van der Waals surface area contributed by atoms with Crippen LogP contribution < -0.4 is 10.6 Å². The zero-order chi connectivity index (χ0) is 15.9. The minimum atomic E-state index is -0.238. The van der Waals surface area contributed by atoms with Crippen LogP contribution in [0.25, 0.3) is 0 Å². The molecule has 1 aromatic carbocycles. The molecule has 23 heavy (non-hydrogen) atoms. The van der Waals surface area contributed by atoms with Crippen LogP contribution in [-0.4, -0.2) is 15.9 Å². The zero-order valence-corrected chi connectivity index (χ0v) is 12.4. The van der Waals surface area contributed by atoms with Gasteiger partial charge < -0.3 is 10.6 Å². The van der Waals surface area contributed by atoms with Crippen molar-refractivity contribution in [3.63, 3.8) is 0 Å². The van der Waals surface area contributed by atoms with Crippen molar-refractivity contribution in [1.82, 2.24) is 9.97 Å². The minimum Gasteiger partial charge on any atom is -0.379 e. The Bertz CT molecular complexity index is 775. The topological polar surface area (TPSA) is 66.9 Å². The molecule has 2 aromatic heterocycles. The third-order valence-electron chi connectivity index (χ3n) is 3.22. The van der Waals surface area contributed by atoms with E-state index in [1.807, 2.05) is 54.6 Å². The van der Waals surface area contributed by atoms with Gasteiger partial charge in [-0.3, -0.25) is 14.8 Å². The van der Waals surface area contributed by atoms with Crippen LogP contribution in [-0.2, 0) is 6.54 Å². The lowest BCUT2D eigenvalue weighted by molar-refractivity contribution is 0.102. The molecule has 114 valence electrons. The number of hydrogen-bond acceptors (Lipinski definition) is 4. The average Bonchev–Trinajstić information content (AvgIpc) is 2.62. The first-order valence-corrected chi connectivity index (χ1v) is 7.27. The zero-order valence-electron chi connectivity index (χ0n) is 12.4. The summed E-state index contributed by atoms with van der Waals surface area (Å²) < 4.78 is 0. The normalized spacial score (nSPS) is 10.1. The van der Waals surface area contributed by atoms with Gasteiger partial charge in [-0.05, 0) is 36.4 Å². The molecule has 0 unspecified atom stereocenters. The molecule has 0 fully saturated rings. The second kappa shape index (κ2) is 7.17. The summed E-state index contributed by atoms with van der Waals surface area (Å²) in [6.45, 7) is 0.588. The first-order valence-electron chi connectivity index (χ1n) is 7.27. The monoisotopic (exact) mass is 304 g/mol. The van der Waals surface area contributed by atoms with Gasteiger partial charge in [0.2, 0.25) is 0 Å². The predicted octanol–water partition coefficient (Wildman–Crippen LogP) is 3.34. The van der Waals surface area contributed by atoms with Crippen LogP contribution in [0.15, 0.2) is 73.1 Å². The van der Waals surface area contributed by atoms with E-state index in [1.165, 1.54) is 0 Å². The van der Waals surface area contributed by atoms with Crippen molar-refractivity contribution in [3.8, 4) is 0 Å². The summed E-state index contributed by atoms with van der Waals surface area (Å²) in [6, 6.07) is 18.6. The number of aromatic nitrogens is 2. The number of nitrogens with zero attached hydrogens (tertiary/aromatic N) is 2. The number of anilines is 2. The highest BCUT2D eigenvalue weighted by Crippen LogP contribution is 2.12. The van der Waals surface area contributed by atoms with E-state index < -0.39 is 0 Å². The number of amides is 1. The molecule has 5 nitrogen and oxygen atoms in total. The lowest BCUT2D eigenvalue weighted by Gasteiger charge is -2.08. The number of pyridine rings is 2. The van der Waals surface area contributed by atoms with E-state index in [4.69, 9.17) is 0 Å². The second-order valence-electron chi connectivity index (χ2n) is 4.92. The molecule has 0 saturated heterocycles. The van der Waals surface area contributed by atoms with Gasteiger partial charge in [0.15, 0.2) is 0 Å². The summed E-state index contributed by atoms with van der Waals surface area (Å²) in [4.78, 5) is 20.6. The van der Waals surface area contributed by atoms with Crippen LogP contribution in [0, 0.1) is 0 Å². The van der Waals surface area contributed by atoms with E-state index in [9.17, 15) is 4.79 Å². The van der Waals surface area contributed by atoms with Crippen LogP contribution in [0.5, 0.6) is 0 Å². The Labute approximate surface area is 134 Å². The Hall–Kier alpha value is -3.21. The van der Waals surface area contributed by atoms with Crippen LogP contribution in [0.3, 0.4) is 0 Å². The number of nitrogens with one attached hydrogen (secondary N) is 2. The van der Waals surface area contributed by atoms with Gasteiger partial charge in [-0.15, -0.1) is 0 Å². The number of carbonyl (C=O) groups is 1. The van der Waals surface area contributed by atoms with Gasteiger partial charge in [0.1, 0.15) is 5.69 Å². The SMILES string of the molecule is O=C(Nc1ccccc1)c1cc(NCc2ccccn2)ccn1. The van der Waals surface area contributed by atoms with E-state index in [2.05, 4.69) is 20.6 Å². The first-order chi connectivity index (χ1) is 11.3. The first kappa shape index (κ1) is 14.7. The average molecular weight is 304 g/mol. The van der Waals surface area contributed by atoms with E-state index >= 15 is 0 Å². The van der Waals surface area contributed by atoms with E-state index in [1.54, 1.807) is 18.5 Å². The second-order valence-corrected chi connectivity index (χ2v) is 4.92. The summed E-state index contributed by atoms with van der Waals surface area (Å²) in [5.41, 5.74) is 2.86. The maximum absolute atomic E-state index is 12.2. The van der Waals surface area contributed by atoms with Crippen molar-refractivity contribution >= 4 is 17.3 Å². The fourth-order valence-corrected chi connectivity index (χ4v) is 2.08. The van der Waals surface area contributed by atoms with Gasteiger partial charge in [0.25, 0.3) is 5.91 Å². The van der Waals surface area contributed by atoms with Crippen molar-refractivity contribution in [3.05, 3.63) is 84.4 Å². The Balaban J connectivity index is 1.66. The number of carbonyl (C=O) groups excluding carboxylic acids is 1. The number of rotatable bonds is 5. The maximum atomic E-state index is 12.2. The molecule has 0 atom stereocenters. The Morgan fingerprint density at radius 2 is 1.70 bits per heavy atom. The summed E-state index contributed by atoms with van der Waals surface area (Å²) >= 11 is 0. The van der Waals surface area contributed by atoms with Gasteiger partial charge >= 0.3 is 0 Å². The van der Waals surface area contributed by atoms with Crippen LogP contribution in [0.2, 0.25) is 0 Å². The Morgan fingerprint density at radius 3 is 2.48 bits per heavy atom. The van der Waals surface area contributed by atoms with Crippen LogP contribution in [0.4, 0.5) is 11.4 Å². The standard InChI is InChI=1S/C18H16N4O/c23-18(22-14-6-2-1-3-7-14)17-12-15(9-11-20-17)21-13-16-8-4-5-10-19-16/h1-12H,13H2,(H,20,21)(H,22,23). The largest absolute Gasteiger partial charge is 0.379 e. The van der Waals surface area contributed by atoms with Gasteiger partial charge in [-0.25, -0.2) is 0 Å². The van der Waals surface area contributed by atoms with Gasteiger partial charge in [-0.2, -0.15) is 0 Å². The van der Waals surface area contributed by atoms with Crippen molar-refractivity contribution < 1.29 is 4.79 Å². The molecular formula is C18H16N4O. The van der Waals surface area contributed by atoms with E-state index in [-0.39, 0.29) is 5.91 Å². The van der Waals surface area contributed by atoms with Crippen LogP contribution >= 0.6 is 0 Å².